The van der Waals surface area contributed by atoms with Gasteiger partial charge in [0.15, 0.2) is 9.84 Å². The molecule has 214 valence electrons. The summed E-state index contributed by atoms with van der Waals surface area (Å²) in [6.07, 6.45) is 11.9. The van der Waals surface area contributed by atoms with Crippen molar-refractivity contribution in [3.05, 3.63) is 93.7 Å². The maximum absolute atomic E-state index is 12.9. The molecule has 8 nitrogen and oxygen atoms in total. The normalized spacial score (nSPS) is 21.6. The molecule has 2 saturated heterocycles. The van der Waals surface area contributed by atoms with Gasteiger partial charge in [0.2, 0.25) is 0 Å². The van der Waals surface area contributed by atoms with E-state index in [4.69, 9.17) is 0 Å². The smallest absolute Gasteiger partial charge is 0.297 e. The number of piperidine rings is 1. The van der Waals surface area contributed by atoms with Gasteiger partial charge in [-0.25, -0.2) is 8.42 Å². The van der Waals surface area contributed by atoms with Crippen LogP contribution in [0.3, 0.4) is 0 Å². The molecule has 39 heavy (non-hydrogen) atoms. The Kier molecular flexibility index (Phi) is 10.5. The minimum absolute atomic E-state index is 0. The minimum Gasteiger partial charge on any atom is -0.369 e. The van der Waals surface area contributed by atoms with Crippen LogP contribution < -0.4 is 5.32 Å². The van der Waals surface area contributed by atoms with Gasteiger partial charge in [0.05, 0.1) is 17.5 Å². The lowest BCUT2D eigenvalue weighted by molar-refractivity contribution is 0.192. The van der Waals surface area contributed by atoms with Crippen molar-refractivity contribution >= 4 is 44.8 Å². The van der Waals surface area contributed by atoms with Gasteiger partial charge in [0.25, 0.3) is 10.1 Å². The lowest BCUT2D eigenvalue weighted by Crippen LogP contribution is -2.36. The minimum atomic E-state index is -4.58. The number of sulfone groups is 1. The summed E-state index contributed by atoms with van der Waals surface area (Å²) in [5.74, 6) is 0.862. The van der Waals surface area contributed by atoms with Crippen molar-refractivity contribution < 1.29 is 21.4 Å². The first-order valence-electron chi connectivity index (χ1n) is 12.7. The molecule has 1 aromatic rings. The zero-order chi connectivity index (χ0) is 26.0. The number of nitrogens with zero attached hydrogens (tertiary/aromatic N) is 2. The average Bonchev–Trinajstić information content (AvgIpc) is 3.28. The standard InChI is InChI=1S/C27H33N3O5S2.2ClH/c31-36(32,20-22-11-15-29(16-12-22)14-5-8-21-6-2-1-3-7-21)17-13-23-18-24-19-28-26-10-4-9-25(30(24)26)27(23)37(33,34)35;;/h1-4,6-7,9-10,13,17-18,22,24,28H,5,8,11-12,14-16,19-20H2,(H,33,34,35);2*1H/b17-13+;;. The Morgan fingerprint density at radius 3 is 2.46 bits per heavy atom. The van der Waals surface area contributed by atoms with Crippen molar-refractivity contribution in [2.45, 2.75) is 31.7 Å². The number of aryl methyl sites for hydroxylation is 1. The maximum atomic E-state index is 12.9. The SMILES string of the molecule is Cl.Cl.O=S(=O)(/C=C/C1=CC2CNC3=CC=CC(=C1S(=O)(=O)O)N32)CC1CCN(CCCc2ccccc2)CC1. The summed E-state index contributed by atoms with van der Waals surface area (Å²) in [6.45, 7) is 3.34. The average molecular weight is 617 g/mol. The lowest BCUT2D eigenvalue weighted by atomic mass is 9.98. The molecule has 1 aromatic carbocycles. The van der Waals surface area contributed by atoms with Gasteiger partial charge in [-0.05, 0) is 80.6 Å². The summed E-state index contributed by atoms with van der Waals surface area (Å²) in [4.78, 5) is 3.94. The molecule has 0 saturated carbocycles. The fraction of sp³-hybridized carbons (Fsp3) is 0.407. The fourth-order valence-corrected chi connectivity index (χ4v) is 7.89. The van der Waals surface area contributed by atoms with Gasteiger partial charge in [-0.15, -0.1) is 24.8 Å². The monoisotopic (exact) mass is 615 g/mol. The maximum Gasteiger partial charge on any atom is 0.297 e. The molecule has 0 aliphatic carbocycles. The van der Waals surface area contributed by atoms with Gasteiger partial charge in [0, 0.05) is 12.0 Å². The van der Waals surface area contributed by atoms with E-state index < -0.39 is 20.0 Å². The van der Waals surface area contributed by atoms with Crippen LogP contribution in [0.4, 0.5) is 0 Å². The zero-order valence-electron chi connectivity index (χ0n) is 21.5. The number of rotatable bonds is 9. The first kappa shape index (κ1) is 31.4. The van der Waals surface area contributed by atoms with E-state index in [1.54, 1.807) is 18.2 Å². The highest BCUT2D eigenvalue weighted by Crippen LogP contribution is 2.38. The number of hydrogen-bond acceptors (Lipinski definition) is 7. The second-order valence-electron chi connectivity index (χ2n) is 10.0. The van der Waals surface area contributed by atoms with E-state index in [9.17, 15) is 21.4 Å². The van der Waals surface area contributed by atoms with Crippen molar-refractivity contribution in [2.75, 3.05) is 31.9 Å². The zero-order valence-corrected chi connectivity index (χ0v) is 24.7. The van der Waals surface area contributed by atoms with Crippen molar-refractivity contribution in [3.63, 3.8) is 0 Å². The summed E-state index contributed by atoms with van der Waals surface area (Å²) >= 11 is 0. The molecule has 0 aromatic heterocycles. The number of nitrogens with one attached hydrogen (secondary N) is 1. The molecule has 2 N–H and O–H groups in total. The Morgan fingerprint density at radius 2 is 1.77 bits per heavy atom. The van der Waals surface area contributed by atoms with Gasteiger partial charge in [-0.2, -0.15) is 8.42 Å². The first-order valence-corrected chi connectivity index (χ1v) is 15.9. The van der Waals surface area contributed by atoms with E-state index in [-0.39, 0.29) is 53.0 Å². The largest absolute Gasteiger partial charge is 0.369 e. The van der Waals surface area contributed by atoms with Crippen LogP contribution in [0.2, 0.25) is 0 Å². The first-order chi connectivity index (χ1) is 17.7. The summed E-state index contributed by atoms with van der Waals surface area (Å²) in [7, 11) is -8.14. The van der Waals surface area contributed by atoms with Crippen LogP contribution in [0.1, 0.15) is 24.8 Å². The third-order valence-electron chi connectivity index (χ3n) is 7.39. The second-order valence-corrected chi connectivity index (χ2v) is 13.3. The molecule has 4 heterocycles. The highest BCUT2D eigenvalue weighted by atomic mass is 35.5. The van der Waals surface area contributed by atoms with Crippen molar-refractivity contribution in [1.29, 1.82) is 0 Å². The molecule has 1 atom stereocenters. The number of benzene rings is 1. The molecule has 0 radical (unpaired) electrons. The Morgan fingerprint density at radius 1 is 1.05 bits per heavy atom. The van der Waals surface area contributed by atoms with E-state index in [1.165, 1.54) is 11.6 Å². The highest BCUT2D eigenvalue weighted by molar-refractivity contribution is 7.94. The Labute approximate surface area is 243 Å². The molecule has 4 aliphatic rings. The number of halogens is 2. The van der Waals surface area contributed by atoms with Crippen LogP contribution in [0, 0.1) is 5.92 Å². The van der Waals surface area contributed by atoms with Crippen LogP contribution in [-0.4, -0.2) is 69.2 Å². The quantitative estimate of drug-likeness (QED) is 0.404. The molecule has 2 fully saturated rings. The van der Waals surface area contributed by atoms with Crippen molar-refractivity contribution in [3.8, 4) is 0 Å². The van der Waals surface area contributed by atoms with Gasteiger partial charge in [-0.1, -0.05) is 42.5 Å². The molecular weight excluding hydrogens is 581 g/mol. The van der Waals surface area contributed by atoms with E-state index in [0.29, 0.717) is 12.2 Å². The molecule has 0 amide bonds. The fourth-order valence-electron chi connectivity index (χ4n) is 5.57. The number of hydrogen-bond donors (Lipinski definition) is 2. The second kappa shape index (κ2) is 13.1. The lowest BCUT2D eigenvalue weighted by Gasteiger charge is -2.33. The van der Waals surface area contributed by atoms with Crippen LogP contribution in [0.15, 0.2) is 88.1 Å². The molecule has 1 unspecified atom stereocenters. The van der Waals surface area contributed by atoms with E-state index in [0.717, 1.165) is 56.5 Å². The predicted octanol–water partition coefficient (Wildman–Crippen LogP) is 3.83. The van der Waals surface area contributed by atoms with Crippen LogP contribution in [-0.2, 0) is 26.4 Å². The third kappa shape index (κ3) is 7.56. The summed E-state index contributed by atoms with van der Waals surface area (Å²) in [5.41, 5.74) is 1.88. The predicted molar refractivity (Wildman–Crippen MR) is 159 cm³/mol. The topological polar surface area (TPSA) is 107 Å². The molecule has 4 aliphatic heterocycles. The summed E-state index contributed by atoms with van der Waals surface area (Å²) < 4.78 is 60.4. The van der Waals surface area contributed by atoms with Crippen molar-refractivity contribution in [1.82, 2.24) is 15.1 Å². The van der Waals surface area contributed by atoms with Crippen molar-refractivity contribution in [2.24, 2.45) is 5.92 Å². The van der Waals surface area contributed by atoms with E-state index in [1.807, 2.05) is 17.0 Å². The van der Waals surface area contributed by atoms with Gasteiger partial charge >= 0.3 is 0 Å². The molecular formula is C27H35Cl2N3O5S2. The third-order valence-corrected chi connectivity index (χ3v) is 9.84. The van der Waals surface area contributed by atoms with Crippen LogP contribution in [0.25, 0.3) is 0 Å². The molecule has 0 spiro atoms. The number of allylic oxidation sites excluding steroid dienone is 5. The van der Waals surface area contributed by atoms with Gasteiger partial charge in [-0.3, -0.25) is 4.55 Å². The molecule has 0 bridgehead atoms. The van der Waals surface area contributed by atoms with Crippen LogP contribution >= 0.6 is 24.8 Å². The van der Waals surface area contributed by atoms with Gasteiger partial charge in [0.1, 0.15) is 10.7 Å². The highest BCUT2D eigenvalue weighted by Gasteiger charge is 2.38. The van der Waals surface area contributed by atoms with E-state index in [2.05, 4.69) is 34.5 Å². The number of likely N-dealkylation sites (tertiary alicyclic amines) is 1. The van der Waals surface area contributed by atoms with Crippen LogP contribution in [0.5, 0.6) is 0 Å². The molecule has 5 rings (SSSR count). The summed E-state index contributed by atoms with van der Waals surface area (Å²) in [5, 5.41) is 4.32. The Bertz CT molecular complexity index is 1400. The Hall–Kier alpha value is -2.08. The van der Waals surface area contributed by atoms with Gasteiger partial charge < -0.3 is 15.1 Å². The molecule has 12 heteroatoms. The Balaban J connectivity index is 0.00000210. The van der Waals surface area contributed by atoms with E-state index >= 15 is 0 Å². The summed E-state index contributed by atoms with van der Waals surface area (Å²) in [6, 6.07) is 10.3.